The molecule has 1 saturated carbocycles. The second kappa shape index (κ2) is 5.82. The number of rotatable bonds is 4. The maximum absolute atomic E-state index is 12.1. The molecule has 1 heterocycles. The van der Waals surface area contributed by atoms with Crippen LogP contribution in [0, 0.1) is 5.92 Å². The van der Waals surface area contributed by atoms with E-state index in [1.165, 1.54) is 0 Å². The molecule has 2 unspecified atom stereocenters. The van der Waals surface area contributed by atoms with E-state index < -0.39 is 5.78 Å². The minimum Gasteiger partial charge on any atom is -0.396 e. The lowest BCUT2D eigenvalue weighted by Gasteiger charge is -2.30. The number of benzene rings is 1. The van der Waals surface area contributed by atoms with Crippen LogP contribution in [0.5, 0.6) is 0 Å². The molecule has 1 aliphatic carbocycles. The van der Waals surface area contributed by atoms with Crippen molar-refractivity contribution >= 4 is 22.8 Å². The molecule has 4 heteroatoms. The predicted molar refractivity (Wildman–Crippen MR) is 80.4 cm³/mol. The number of carbonyl (C=O) groups excluding carboxylic acids is 2. The van der Waals surface area contributed by atoms with Gasteiger partial charge in [0.25, 0.3) is 0 Å². The highest BCUT2D eigenvalue weighted by molar-refractivity contribution is 6.35. The van der Waals surface area contributed by atoms with Crippen molar-refractivity contribution in [1.29, 1.82) is 0 Å². The lowest BCUT2D eigenvalue weighted by atomic mass is 9.86. The maximum Gasteiger partial charge on any atom is 0.242 e. The Morgan fingerprint density at radius 1 is 1.33 bits per heavy atom. The van der Waals surface area contributed by atoms with Gasteiger partial charge in [-0.25, -0.2) is 0 Å². The molecule has 0 aliphatic heterocycles. The molecule has 2 aromatic rings. The Balaban J connectivity index is 2.08. The third kappa shape index (κ3) is 2.51. The van der Waals surface area contributed by atoms with E-state index in [2.05, 4.69) is 0 Å². The van der Waals surface area contributed by atoms with Gasteiger partial charge in [-0.3, -0.25) is 9.59 Å². The highest BCUT2D eigenvalue weighted by Gasteiger charge is 2.26. The van der Waals surface area contributed by atoms with Crippen LogP contribution < -0.4 is 0 Å². The number of fused-ring (bicyclic) bond motifs is 1. The number of Topliss-reactive ketones (excluding diaryl/α,β-unsaturated/α-hetero) is 1. The first-order valence-electron chi connectivity index (χ1n) is 7.44. The van der Waals surface area contributed by atoms with E-state index in [9.17, 15) is 14.7 Å². The van der Waals surface area contributed by atoms with Gasteiger partial charge in [-0.1, -0.05) is 30.7 Å². The van der Waals surface area contributed by atoms with Gasteiger partial charge in [-0.2, -0.15) is 0 Å². The zero-order chi connectivity index (χ0) is 14.8. The van der Waals surface area contributed by atoms with Crippen molar-refractivity contribution in [3.63, 3.8) is 0 Å². The van der Waals surface area contributed by atoms with Crippen molar-refractivity contribution in [2.45, 2.75) is 31.7 Å². The smallest absolute Gasteiger partial charge is 0.242 e. The van der Waals surface area contributed by atoms with Crippen molar-refractivity contribution in [3.8, 4) is 0 Å². The molecular formula is C17H19NO3. The Kier molecular flexibility index (Phi) is 3.88. The molecule has 0 radical (unpaired) electrons. The van der Waals surface area contributed by atoms with Gasteiger partial charge in [0, 0.05) is 29.6 Å². The van der Waals surface area contributed by atoms with Crippen molar-refractivity contribution in [1.82, 2.24) is 4.57 Å². The first kappa shape index (κ1) is 14.0. The van der Waals surface area contributed by atoms with E-state index >= 15 is 0 Å². The maximum atomic E-state index is 12.1. The molecule has 1 aromatic heterocycles. The molecule has 1 aromatic carbocycles. The van der Waals surface area contributed by atoms with E-state index in [0.29, 0.717) is 12.0 Å². The van der Waals surface area contributed by atoms with Crippen molar-refractivity contribution in [3.05, 3.63) is 36.2 Å². The lowest BCUT2D eigenvalue weighted by molar-refractivity contribution is -0.104. The highest BCUT2D eigenvalue weighted by Crippen LogP contribution is 2.35. The fourth-order valence-corrected chi connectivity index (χ4v) is 3.46. The molecule has 1 fully saturated rings. The Morgan fingerprint density at radius 3 is 2.90 bits per heavy atom. The molecule has 3 rings (SSSR count). The van der Waals surface area contributed by atoms with Crippen LogP contribution in [0.3, 0.4) is 0 Å². The molecule has 1 aliphatic rings. The van der Waals surface area contributed by atoms with E-state index in [1.54, 1.807) is 0 Å². The molecule has 1 N–H and O–H groups in total. The first-order chi connectivity index (χ1) is 10.2. The molecule has 110 valence electrons. The minimum atomic E-state index is -0.470. The second-order valence-corrected chi connectivity index (χ2v) is 5.82. The molecule has 21 heavy (non-hydrogen) atoms. The van der Waals surface area contributed by atoms with Gasteiger partial charge >= 0.3 is 0 Å². The summed E-state index contributed by atoms with van der Waals surface area (Å²) in [5, 5.41) is 11.2. The summed E-state index contributed by atoms with van der Waals surface area (Å²) in [7, 11) is 0. The number of aromatic nitrogens is 1. The topological polar surface area (TPSA) is 59.3 Å². The summed E-state index contributed by atoms with van der Waals surface area (Å²) in [6, 6.07) is 7.83. The van der Waals surface area contributed by atoms with Crippen LogP contribution in [-0.2, 0) is 4.79 Å². The molecule has 0 saturated heterocycles. The summed E-state index contributed by atoms with van der Waals surface area (Å²) >= 11 is 0. The summed E-state index contributed by atoms with van der Waals surface area (Å²) < 4.78 is 1.96. The number of hydrogen-bond acceptors (Lipinski definition) is 3. The number of nitrogens with zero attached hydrogens (tertiary/aromatic N) is 1. The minimum absolute atomic E-state index is 0.183. The van der Waals surface area contributed by atoms with E-state index in [1.807, 2.05) is 35.0 Å². The predicted octanol–water partition coefficient (Wildman–Crippen LogP) is 2.75. The summed E-state index contributed by atoms with van der Waals surface area (Å²) in [4.78, 5) is 23.1. The molecule has 0 bridgehead atoms. The third-order valence-corrected chi connectivity index (χ3v) is 4.50. The van der Waals surface area contributed by atoms with E-state index in [-0.39, 0.29) is 18.6 Å². The normalized spacial score (nSPS) is 22.3. The SMILES string of the molecule is O=CC(=O)c1c2ccccc2cn1C1CCCC(CO)C1. The number of aliphatic hydroxyl groups excluding tert-OH is 1. The Morgan fingerprint density at radius 2 is 2.14 bits per heavy atom. The first-order valence-corrected chi connectivity index (χ1v) is 7.44. The quantitative estimate of drug-likeness (QED) is 0.534. The van der Waals surface area contributed by atoms with Gasteiger partial charge < -0.3 is 9.67 Å². The summed E-state index contributed by atoms with van der Waals surface area (Å²) in [5.41, 5.74) is 0.490. The standard InChI is InChI=1S/C17H19NO3/c19-10-12-4-3-6-14(8-12)18-9-13-5-1-2-7-15(13)17(18)16(21)11-20/h1-2,5,7,9,11-12,14,19H,3-4,6,8,10H2. The van der Waals surface area contributed by atoms with Crippen LogP contribution in [0.2, 0.25) is 0 Å². The summed E-state index contributed by atoms with van der Waals surface area (Å²) in [6.45, 7) is 0.189. The largest absolute Gasteiger partial charge is 0.396 e. The third-order valence-electron chi connectivity index (χ3n) is 4.50. The van der Waals surface area contributed by atoms with Crippen LogP contribution in [0.25, 0.3) is 10.8 Å². The number of ketones is 1. The number of aliphatic hydroxyl groups is 1. The molecular weight excluding hydrogens is 266 g/mol. The van der Waals surface area contributed by atoms with Crippen LogP contribution in [0.1, 0.15) is 42.2 Å². The van der Waals surface area contributed by atoms with Gasteiger partial charge in [-0.15, -0.1) is 0 Å². The Labute approximate surface area is 123 Å². The molecule has 4 nitrogen and oxygen atoms in total. The average molecular weight is 285 g/mol. The molecule has 0 spiro atoms. The van der Waals surface area contributed by atoms with Crippen LogP contribution in [0.4, 0.5) is 0 Å². The van der Waals surface area contributed by atoms with Crippen LogP contribution >= 0.6 is 0 Å². The summed E-state index contributed by atoms with van der Waals surface area (Å²) in [6.07, 6.45) is 6.28. The number of hydrogen-bond donors (Lipinski definition) is 1. The fourth-order valence-electron chi connectivity index (χ4n) is 3.46. The Bertz CT molecular complexity index is 674. The lowest BCUT2D eigenvalue weighted by Crippen LogP contribution is -2.23. The Hall–Kier alpha value is -1.94. The zero-order valence-electron chi connectivity index (χ0n) is 11.9. The van der Waals surface area contributed by atoms with E-state index in [0.717, 1.165) is 36.5 Å². The number of aldehydes is 1. The van der Waals surface area contributed by atoms with E-state index in [4.69, 9.17) is 0 Å². The molecule has 2 atom stereocenters. The van der Waals surface area contributed by atoms with Gasteiger partial charge in [0.05, 0.1) is 0 Å². The molecule has 0 amide bonds. The zero-order valence-corrected chi connectivity index (χ0v) is 11.9. The average Bonchev–Trinajstić information content (AvgIpc) is 2.93. The van der Waals surface area contributed by atoms with Crippen LogP contribution in [-0.4, -0.2) is 28.3 Å². The van der Waals surface area contributed by atoms with Gasteiger partial charge in [-0.05, 0) is 25.2 Å². The number of carbonyl (C=O) groups is 2. The van der Waals surface area contributed by atoms with Gasteiger partial charge in [0.2, 0.25) is 5.78 Å². The summed E-state index contributed by atoms with van der Waals surface area (Å²) in [5.74, 6) is -0.184. The van der Waals surface area contributed by atoms with Crippen LogP contribution in [0.15, 0.2) is 30.5 Å². The van der Waals surface area contributed by atoms with Crippen molar-refractivity contribution in [2.24, 2.45) is 5.92 Å². The van der Waals surface area contributed by atoms with Crippen molar-refractivity contribution < 1.29 is 14.7 Å². The fraction of sp³-hybridized carbons (Fsp3) is 0.412. The second-order valence-electron chi connectivity index (χ2n) is 5.82. The van der Waals surface area contributed by atoms with Gasteiger partial charge in [0.1, 0.15) is 5.69 Å². The van der Waals surface area contributed by atoms with Gasteiger partial charge in [0.15, 0.2) is 6.29 Å². The van der Waals surface area contributed by atoms with Crippen molar-refractivity contribution in [2.75, 3.05) is 6.61 Å². The monoisotopic (exact) mass is 285 g/mol. The highest BCUT2D eigenvalue weighted by atomic mass is 16.3.